The van der Waals surface area contributed by atoms with Crippen LogP contribution in [-0.4, -0.2) is 19.5 Å². The molecular weight excluding hydrogens is 249 g/mol. The van der Waals surface area contributed by atoms with Crippen molar-refractivity contribution in [3.8, 4) is 0 Å². The molecule has 6 heteroatoms. The van der Waals surface area contributed by atoms with Gasteiger partial charge < -0.3 is 16.4 Å². The minimum Gasteiger partial charge on any atom is -0.399 e. The van der Waals surface area contributed by atoms with Crippen LogP contribution >= 0.6 is 23.2 Å². The predicted molar refractivity (Wildman–Crippen MR) is 68.0 cm³/mol. The maximum Gasteiger partial charge on any atom is 0.221 e. The van der Waals surface area contributed by atoms with Crippen LogP contribution in [0.25, 0.3) is 0 Å². The molecule has 0 aromatic heterocycles. The second-order valence-electron chi connectivity index (χ2n) is 3.21. The highest BCUT2D eigenvalue weighted by Crippen LogP contribution is 2.32. The Hall–Kier alpha value is -1.13. The number of benzene rings is 1. The number of nitrogens with two attached hydrogens (primary N) is 1. The fourth-order valence-electron chi connectivity index (χ4n) is 1.19. The molecular formula is C10H13Cl2N3O. The molecule has 1 amide bonds. The summed E-state index contributed by atoms with van der Waals surface area (Å²) in [5.74, 6) is -0.0461. The summed E-state index contributed by atoms with van der Waals surface area (Å²) < 4.78 is 0. The molecule has 0 bridgehead atoms. The average molecular weight is 262 g/mol. The quantitative estimate of drug-likeness (QED) is 0.728. The highest BCUT2D eigenvalue weighted by Gasteiger charge is 2.07. The molecule has 0 radical (unpaired) electrons. The van der Waals surface area contributed by atoms with Crippen LogP contribution in [-0.2, 0) is 4.79 Å². The zero-order valence-electron chi connectivity index (χ0n) is 8.81. The Balaban J connectivity index is 2.64. The number of carbonyl (C=O) groups is 1. The van der Waals surface area contributed by atoms with Gasteiger partial charge in [-0.15, -0.1) is 0 Å². The van der Waals surface area contributed by atoms with Gasteiger partial charge in [0.15, 0.2) is 0 Å². The Morgan fingerprint density at radius 2 is 1.94 bits per heavy atom. The van der Waals surface area contributed by atoms with Gasteiger partial charge >= 0.3 is 0 Å². The normalized spacial score (nSPS) is 9.94. The van der Waals surface area contributed by atoms with Crippen LogP contribution < -0.4 is 16.4 Å². The lowest BCUT2D eigenvalue weighted by molar-refractivity contribution is -0.120. The largest absolute Gasteiger partial charge is 0.399 e. The van der Waals surface area contributed by atoms with E-state index in [2.05, 4.69) is 10.6 Å². The summed E-state index contributed by atoms with van der Waals surface area (Å²) in [6.07, 6.45) is 0.355. The lowest BCUT2D eigenvalue weighted by Gasteiger charge is -2.10. The van der Waals surface area contributed by atoms with E-state index >= 15 is 0 Å². The Bertz CT molecular complexity index is 373. The Morgan fingerprint density at radius 3 is 2.44 bits per heavy atom. The zero-order valence-corrected chi connectivity index (χ0v) is 10.3. The van der Waals surface area contributed by atoms with Gasteiger partial charge in [0.1, 0.15) is 0 Å². The molecule has 1 rings (SSSR count). The van der Waals surface area contributed by atoms with Crippen molar-refractivity contribution in [2.75, 3.05) is 24.6 Å². The summed E-state index contributed by atoms with van der Waals surface area (Å²) >= 11 is 11.9. The van der Waals surface area contributed by atoms with E-state index in [4.69, 9.17) is 28.9 Å². The average Bonchev–Trinajstić information content (AvgIpc) is 2.21. The van der Waals surface area contributed by atoms with Crippen LogP contribution in [0.4, 0.5) is 11.4 Å². The molecule has 0 fully saturated rings. The number of nitrogen functional groups attached to an aromatic ring is 1. The molecule has 0 aliphatic rings. The van der Waals surface area contributed by atoms with E-state index in [9.17, 15) is 4.79 Å². The minimum absolute atomic E-state index is 0.0461. The highest BCUT2D eigenvalue weighted by atomic mass is 35.5. The lowest BCUT2D eigenvalue weighted by atomic mass is 10.2. The van der Waals surface area contributed by atoms with E-state index in [1.54, 1.807) is 19.2 Å². The summed E-state index contributed by atoms with van der Waals surface area (Å²) in [6, 6.07) is 3.21. The molecule has 0 aliphatic heterocycles. The molecule has 88 valence electrons. The molecule has 0 unspecified atom stereocenters. The number of carbonyl (C=O) groups excluding carboxylic acids is 1. The molecule has 0 saturated carbocycles. The summed E-state index contributed by atoms with van der Waals surface area (Å²) in [4.78, 5) is 11.0. The van der Waals surface area contributed by atoms with Crippen LogP contribution in [0.3, 0.4) is 0 Å². The second-order valence-corrected chi connectivity index (χ2v) is 4.02. The second kappa shape index (κ2) is 5.82. The van der Waals surface area contributed by atoms with E-state index in [-0.39, 0.29) is 5.91 Å². The van der Waals surface area contributed by atoms with E-state index < -0.39 is 0 Å². The minimum atomic E-state index is -0.0461. The number of halogens is 2. The van der Waals surface area contributed by atoms with Crippen molar-refractivity contribution in [1.82, 2.24) is 5.32 Å². The fraction of sp³-hybridized carbons (Fsp3) is 0.300. The first kappa shape index (κ1) is 12.9. The summed E-state index contributed by atoms with van der Waals surface area (Å²) in [5.41, 5.74) is 6.67. The summed E-state index contributed by atoms with van der Waals surface area (Å²) in [6.45, 7) is 0.461. The molecule has 1 aromatic rings. The molecule has 0 atom stereocenters. The molecule has 0 heterocycles. The van der Waals surface area contributed by atoms with Crippen molar-refractivity contribution in [2.24, 2.45) is 0 Å². The zero-order chi connectivity index (χ0) is 12.1. The summed E-state index contributed by atoms with van der Waals surface area (Å²) in [7, 11) is 1.59. The van der Waals surface area contributed by atoms with Crippen molar-refractivity contribution in [2.45, 2.75) is 6.42 Å². The molecule has 4 nitrogen and oxygen atoms in total. The number of hydrogen-bond donors (Lipinski definition) is 3. The van der Waals surface area contributed by atoms with E-state index in [1.165, 1.54) is 0 Å². The maximum absolute atomic E-state index is 11.0. The van der Waals surface area contributed by atoms with Crippen LogP contribution in [0.15, 0.2) is 12.1 Å². The lowest BCUT2D eigenvalue weighted by Crippen LogP contribution is -2.20. The van der Waals surface area contributed by atoms with E-state index in [0.717, 1.165) is 0 Å². The number of amides is 1. The number of rotatable bonds is 4. The van der Waals surface area contributed by atoms with Gasteiger partial charge in [0.2, 0.25) is 5.91 Å². The van der Waals surface area contributed by atoms with Crippen molar-refractivity contribution >= 4 is 40.5 Å². The first-order chi connectivity index (χ1) is 7.54. The van der Waals surface area contributed by atoms with Gasteiger partial charge in [-0.25, -0.2) is 0 Å². The SMILES string of the molecule is CNC(=O)CCNc1c(Cl)cc(N)cc1Cl. The smallest absolute Gasteiger partial charge is 0.221 e. The third-order valence-electron chi connectivity index (χ3n) is 2.00. The number of nitrogens with one attached hydrogen (secondary N) is 2. The van der Waals surface area contributed by atoms with Crippen LogP contribution in [0.2, 0.25) is 10.0 Å². The topological polar surface area (TPSA) is 67.2 Å². The Kier molecular flexibility index (Phi) is 4.71. The standard InChI is InChI=1S/C10H13Cl2N3O/c1-14-9(16)2-3-15-10-7(11)4-6(13)5-8(10)12/h4-5,15H,2-3,13H2,1H3,(H,14,16). The monoisotopic (exact) mass is 261 g/mol. The van der Waals surface area contributed by atoms with E-state index in [1.807, 2.05) is 0 Å². The van der Waals surface area contributed by atoms with Crippen molar-refractivity contribution in [3.05, 3.63) is 22.2 Å². The molecule has 4 N–H and O–H groups in total. The molecule has 16 heavy (non-hydrogen) atoms. The van der Waals surface area contributed by atoms with Crippen molar-refractivity contribution in [3.63, 3.8) is 0 Å². The molecule has 0 aliphatic carbocycles. The van der Waals surface area contributed by atoms with Gasteiger partial charge in [-0.2, -0.15) is 0 Å². The van der Waals surface area contributed by atoms with E-state index in [0.29, 0.717) is 34.4 Å². The van der Waals surface area contributed by atoms with Crippen LogP contribution in [0, 0.1) is 0 Å². The third-order valence-corrected chi connectivity index (χ3v) is 2.59. The molecule has 1 aromatic carbocycles. The first-order valence-corrected chi connectivity index (χ1v) is 5.49. The van der Waals surface area contributed by atoms with Gasteiger partial charge in [-0.3, -0.25) is 4.79 Å². The fourth-order valence-corrected chi connectivity index (χ4v) is 1.83. The third kappa shape index (κ3) is 3.47. The van der Waals surface area contributed by atoms with Gasteiger partial charge in [0.25, 0.3) is 0 Å². The Labute approximate surface area is 104 Å². The van der Waals surface area contributed by atoms with Crippen LogP contribution in [0.5, 0.6) is 0 Å². The van der Waals surface area contributed by atoms with Gasteiger partial charge in [0, 0.05) is 25.7 Å². The van der Waals surface area contributed by atoms with Gasteiger partial charge in [-0.05, 0) is 12.1 Å². The van der Waals surface area contributed by atoms with Crippen LogP contribution in [0.1, 0.15) is 6.42 Å². The number of anilines is 2. The van der Waals surface area contributed by atoms with Crippen molar-refractivity contribution < 1.29 is 4.79 Å². The van der Waals surface area contributed by atoms with Gasteiger partial charge in [0.05, 0.1) is 15.7 Å². The Morgan fingerprint density at radius 1 is 1.38 bits per heavy atom. The molecule has 0 saturated heterocycles. The number of hydrogen-bond acceptors (Lipinski definition) is 3. The summed E-state index contributed by atoms with van der Waals surface area (Å²) in [5, 5.41) is 6.41. The first-order valence-electron chi connectivity index (χ1n) is 4.73. The molecule has 0 spiro atoms. The maximum atomic E-state index is 11.0. The highest BCUT2D eigenvalue weighted by molar-refractivity contribution is 6.39. The predicted octanol–water partition coefficient (Wildman–Crippen LogP) is 2.12. The van der Waals surface area contributed by atoms with Gasteiger partial charge in [-0.1, -0.05) is 23.2 Å². The van der Waals surface area contributed by atoms with Crippen molar-refractivity contribution in [1.29, 1.82) is 0 Å².